The largest absolute Gasteiger partial charge is 1.00 e. The van der Waals surface area contributed by atoms with Gasteiger partial charge in [-0.15, -0.1) is 0 Å². The summed E-state index contributed by atoms with van der Waals surface area (Å²) in [4.78, 5) is 32.3. The zero-order valence-corrected chi connectivity index (χ0v) is 89.9. The third-order valence-electron chi connectivity index (χ3n) is 19.1. The molecule has 10 rings (SSSR count). The van der Waals surface area contributed by atoms with Crippen molar-refractivity contribution >= 4 is 167 Å². The number of hydrogen-bond donors (Lipinski definition) is 13. The van der Waals surface area contributed by atoms with Crippen molar-refractivity contribution in [1.29, 1.82) is 5.41 Å². The third kappa shape index (κ3) is 36.7. The Labute approximate surface area is 870 Å². The monoisotopic (exact) mass is 2130 g/mol. The molecule has 0 spiro atoms. The van der Waals surface area contributed by atoms with Crippen LogP contribution in [0.5, 0.6) is 0 Å². The van der Waals surface area contributed by atoms with Gasteiger partial charge in [0, 0.05) is 102 Å². The average molecular weight is 2140 g/mol. The number of nitrogens with zero attached hydrogens (tertiary/aromatic N) is 4. The van der Waals surface area contributed by atoms with Gasteiger partial charge in [-0.1, -0.05) is 77.8 Å². The number of carbonyl (C=O) groups is 3. The number of rotatable bonds is 30. The minimum Gasteiger partial charge on any atom is -1.00 e. The Morgan fingerprint density at radius 3 is 1.03 bits per heavy atom. The van der Waals surface area contributed by atoms with Gasteiger partial charge < -0.3 is 40.7 Å². The van der Waals surface area contributed by atoms with Crippen molar-refractivity contribution in [3.63, 3.8) is 0 Å². The number of nitrogens with one attached hydrogen (secondary N) is 1. The number of allylic oxidation sites excluding steroid dienone is 5. The summed E-state index contributed by atoms with van der Waals surface area (Å²) in [6, 6.07) is 42.1. The molecule has 0 fully saturated rings. The summed E-state index contributed by atoms with van der Waals surface area (Å²) in [7, 11) is -41.6. The molecule has 17 N–H and O–H groups in total. The first-order valence-electron chi connectivity index (χ1n) is 38.5. The Morgan fingerprint density at radius 1 is 0.390 bits per heavy atom. The number of hydrogen-bond acceptors (Lipinski definition) is 27. The fraction of sp³-hybridized carbons (Fsp3) is 0.217. The maximum absolute atomic E-state index is 12.4. The zero-order chi connectivity index (χ0) is 99.8. The Balaban J connectivity index is -0.00000168. The first-order chi connectivity index (χ1) is 61.3. The van der Waals surface area contributed by atoms with Gasteiger partial charge in [0.25, 0.3) is 97.1 Å². The molecule has 0 saturated carbocycles. The van der Waals surface area contributed by atoms with Gasteiger partial charge in [0.1, 0.15) is 27.8 Å². The van der Waals surface area contributed by atoms with Gasteiger partial charge in [-0.3, -0.25) is 60.8 Å². The van der Waals surface area contributed by atoms with E-state index in [1.807, 2.05) is 125 Å². The normalized spacial score (nSPS) is 12.2. The summed E-state index contributed by atoms with van der Waals surface area (Å²) in [5, 5.41) is 17.0. The number of aliphatic hydroxyl groups excluding tert-OH is 1. The van der Waals surface area contributed by atoms with Gasteiger partial charge in [-0.25, -0.2) is 4.58 Å². The van der Waals surface area contributed by atoms with E-state index in [-0.39, 0.29) is 132 Å². The van der Waals surface area contributed by atoms with E-state index >= 15 is 0 Å². The smallest absolute Gasteiger partial charge is 1.00 e. The maximum Gasteiger partial charge on any atom is 1.00 e. The maximum atomic E-state index is 12.4. The summed E-state index contributed by atoms with van der Waals surface area (Å²) < 4.78 is 295. The Bertz CT molecular complexity index is 6930. The van der Waals surface area contributed by atoms with Crippen LogP contribution in [0.2, 0.25) is 10.0 Å². The van der Waals surface area contributed by atoms with Gasteiger partial charge in [0.15, 0.2) is 24.6 Å². The number of quaternary nitrogens is 1. The molecule has 728 valence electrons. The van der Waals surface area contributed by atoms with Crippen molar-refractivity contribution in [2.75, 3.05) is 67.1 Å². The standard InChI is InChI=1S/C27H34N2O6S2.C27H32N2O6S2.C8H10N2O8S2.C7H5ClO4S.C7H5ClO.C7H6O7S2.H3N.3Na.3H/c2*1-5-28(6-2)22-13-9-20(10-14-22)27(21-11-15-23(16-12-21)29(7-3)8-4)25-19-24(36(30,31)32)17-18-26(25)37(33,34)35;9-8(10)18-7(11)5-3-4(19(12,13)14)1-2-6(5)20(15,16)17;8-7-2-1-6(13(10,11)12)3-5(7)4-9;8-7-4-2-1-3-6(7)5-9;8-4-5-3-6(15(9,10)11)1-2-7(5)16(12,13)14;;;;;;;/h9-19,27H,5-8H2,1-4H3,(H,30,31,32)(H,33,34,35);9-19H,5-8H2,1-4H3,(H-,30,31,32,33,34,35);1-3,7,11H,(H3,9,10)(H,12,13,14)(H,15,16,17);1-4H,(H,10,11,12);1-5H;1-4H,(H,9,10,11)(H,12,13,14);1H3;;;;;;/q;;;;;;;3*+1;3*-1/p+2. The van der Waals surface area contributed by atoms with Gasteiger partial charge in [0.2, 0.25) is 6.29 Å². The summed E-state index contributed by atoms with van der Waals surface area (Å²) in [6.07, 6.45) is 6.55. The molecule has 0 radical (unpaired) electrons. The van der Waals surface area contributed by atoms with Crippen LogP contribution in [0.3, 0.4) is 0 Å². The summed E-state index contributed by atoms with van der Waals surface area (Å²) in [5.74, 6) is -0.741. The molecule has 9 aromatic rings. The van der Waals surface area contributed by atoms with Gasteiger partial charge in [-0.05, 0) is 234 Å². The zero-order valence-electron chi connectivity index (χ0n) is 78.0. The van der Waals surface area contributed by atoms with Crippen molar-refractivity contribution in [2.45, 2.75) is 112 Å². The number of halogens is 2. The minimum absolute atomic E-state index is 0. The van der Waals surface area contributed by atoms with Crippen molar-refractivity contribution in [2.24, 2.45) is 5.73 Å². The number of carbonyl (C=O) groups excluding carboxylic acids is 3. The van der Waals surface area contributed by atoms with Crippen LogP contribution in [0, 0.1) is 5.41 Å². The number of nitrogens with two attached hydrogens (primary N) is 1. The van der Waals surface area contributed by atoms with Gasteiger partial charge in [0.05, 0.1) is 39.4 Å². The molecule has 0 aromatic heterocycles. The second-order valence-electron chi connectivity index (χ2n) is 27.2. The Hall–Kier alpha value is -7.76. The average Bonchev–Trinajstić information content (AvgIpc) is 0.754. The molecular weight excluding hydrogens is 2040 g/mol. The molecule has 0 aliphatic heterocycles. The van der Waals surface area contributed by atoms with Crippen LogP contribution in [0.25, 0.3) is 5.57 Å². The van der Waals surface area contributed by atoms with Crippen LogP contribution in [0.15, 0.2) is 262 Å². The molecule has 1 atom stereocenters. The fourth-order valence-corrected chi connectivity index (χ4v) is 18.4. The molecule has 0 heterocycles. The van der Waals surface area contributed by atoms with Crippen molar-refractivity contribution in [1.82, 2.24) is 6.15 Å². The number of benzene rings is 9. The molecule has 1 aliphatic rings. The fourth-order valence-electron chi connectivity index (χ4n) is 12.7. The van der Waals surface area contributed by atoms with E-state index in [1.54, 1.807) is 24.3 Å². The van der Waals surface area contributed by atoms with Crippen molar-refractivity contribution < 1.29 is 238 Å². The number of amidine groups is 1. The van der Waals surface area contributed by atoms with Crippen LogP contribution in [0.4, 0.5) is 17.1 Å². The number of anilines is 3. The summed E-state index contributed by atoms with van der Waals surface area (Å²) >= 11 is 11.1. The third-order valence-corrected chi connectivity index (χ3v) is 27.7. The predicted molar refractivity (Wildman–Crippen MR) is 502 cm³/mol. The molecule has 0 bridgehead atoms. The summed E-state index contributed by atoms with van der Waals surface area (Å²) in [5.41, 5.74) is 11.1. The molecule has 136 heavy (non-hydrogen) atoms. The van der Waals surface area contributed by atoms with Crippen LogP contribution >= 0.6 is 23.2 Å². The van der Waals surface area contributed by atoms with Crippen LogP contribution in [-0.2, 0) is 95.8 Å². The molecule has 39 nitrogen and oxygen atoms in total. The van der Waals surface area contributed by atoms with Gasteiger partial charge in [-0.2, -0.15) is 75.8 Å². The Kier molecular flexibility index (Phi) is 50.9. The quantitative estimate of drug-likeness (QED) is 0.00444. The van der Waals surface area contributed by atoms with Gasteiger partial charge >= 0.3 is 88.7 Å². The molecule has 0 amide bonds. The van der Waals surface area contributed by atoms with E-state index in [1.165, 1.54) is 6.07 Å². The topological polar surface area (TPSA) is 669 Å². The molecule has 1 unspecified atom stereocenters. The van der Waals surface area contributed by atoms with E-state index in [0.717, 1.165) is 136 Å². The molecule has 0 saturated heterocycles. The minimum atomic E-state index is -4.80. The number of aliphatic hydroxyl groups is 1. The number of ether oxygens (including phenoxy) is 1. The second-order valence-corrected chi connectivity index (χ2v) is 40.7. The van der Waals surface area contributed by atoms with E-state index in [9.17, 15) is 113 Å². The van der Waals surface area contributed by atoms with E-state index in [2.05, 4.69) is 51.7 Å². The first-order valence-corrected chi connectivity index (χ1v) is 52.2. The van der Waals surface area contributed by atoms with Crippen molar-refractivity contribution in [3.05, 3.63) is 278 Å². The van der Waals surface area contributed by atoms with Crippen molar-refractivity contribution in [3.8, 4) is 0 Å². The van der Waals surface area contributed by atoms with E-state index in [4.69, 9.17) is 57.1 Å². The SMILES string of the molecule is CCN(CC)c1ccc(C(=C2C=CC(=[N+](CC)CC)C=C2)c2cc(S(=O)(=O)O)ccc2S(=O)(=O)O)cc1.CCN(CC)c1ccc(C(c2ccc(N(CC)CC)cc2)c2cc(S(=O)(=O)O)ccc2S(=O)(=O)O)cc1.N=C(N)OC(O)c1cc(S(=O)(=O)O)ccc1S(=O)(=O)O.O=Cc1cc(S(=O)(=O)O)ccc1Cl.O=Cc1cc(S(=O)(=O)O)ccc1S(=O)(=O)O.O=Cc1ccccc1Cl.[H-].[H-].[H-].[NH4+].[Na+].[Na+].[Na+]. The molecule has 1 aliphatic carbocycles. The van der Waals surface area contributed by atoms with E-state index in [0.29, 0.717) is 75.0 Å². The van der Waals surface area contributed by atoms with Crippen LogP contribution < -0.4 is 115 Å². The second kappa shape index (κ2) is 54.9. The Morgan fingerprint density at radius 2 is 0.699 bits per heavy atom. The molecular formula is C83H100Cl2N7Na3O32S9+2. The van der Waals surface area contributed by atoms with E-state index < -0.39 is 160 Å². The summed E-state index contributed by atoms with van der Waals surface area (Å²) in [6.45, 7) is 22.9. The molecule has 53 heteroatoms. The number of aldehydes is 3. The molecule has 9 aromatic carbocycles. The first kappa shape index (κ1) is 126. The predicted octanol–water partition coefficient (Wildman–Crippen LogP) is 3.85. The van der Waals surface area contributed by atoms with Crippen LogP contribution in [0.1, 0.15) is 136 Å². The van der Waals surface area contributed by atoms with Crippen LogP contribution in [-0.4, -0.2) is 209 Å².